The van der Waals surface area contributed by atoms with Crippen molar-refractivity contribution in [2.45, 2.75) is 43.2 Å². The zero-order valence-electron chi connectivity index (χ0n) is 14.2. The Morgan fingerprint density at radius 3 is 2.71 bits per heavy atom. The number of carbonyl (C=O) groups is 1. The van der Waals surface area contributed by atoms with Crippen LogP contribution in [-0.2, 0) is 19.0 Å². The van der Waals surface area contributed by atoms with Crippen molar-refractivity contribution >= 4 is 18.3 Å². The van der Waals surface area contributed by atoms with Gasteiger partial charge in [-0.3, -0.25) is 9.69 Å². The molecule has 0 aromatic heterocycles. The first-order valence-electron chi connectivity index (χ1n) is 8.07. The number of halogens is 1. The molecule has 2 fully saturated rings. The average molecular weight is 369 g/mol. The molecule has 0 aromatic rings. The molecule has 0 aliphatic carbocycles. The fourth-order valence-corrected chi connectivity index (χ4v) is 3.57. The molecule has 5 atom stereocenters. The van der Waals surface area contributed by atoms with E-state index in [1.54, 1.807) is 7.11 Å². The first-order valence-corrected chi connectivity index (χ1v) is 8.07. The second-order valence-electron chi connectivity index (χ2n) is 6.10. The summed E-state index contributed by atoms with van der Waals surface area (Å²) in [6.07, 6.45) is 0.239. The number of methoxy groups -OCH3 is 2. The number of carbonyl (C=O) groups excluding carboxylic acids is 1. The molecule has 1 amide bonds. The number of rotatable bonds is 8. The third-order valence-corrected chi connectivity index (χ3v) is 4.58. The lowest BCUT2D eigenvalue weighted by Crippen LogP contribution is -2.53. The number of nitrogens with one attached hydrogen (secondary N) is 1. The topological polar surface area (TPSA) is 100 Å². The van der Waals surface area contributed by atoms with E-state index in [-0.39, 0.29) is 56.3 Å². The van der Waals surface area contributed by atoms with Crippen molar-refractivity contribution in [3.63, 3.8) is 0 Å². The van der Waals surface area contributed by atoms with Crippen molar-refractivity contribution in [3.05, 3.63) is 0 Å². The van der Waals surface area contributed by atoms with Gasteiger partial charge in [-0.2, -0.15) is 0 Å². The van der Waals surface area contributed by atoms with Gasteiger partial charge in [0.1, 0.15) is 18.8 Å². The molecule has 0 unspecified atom stereocenters. The van der Waals surface area contributed by atoms with Crippen molar-refractivity contribution < 1.29 is 29.2 Å². The molecule has 0 radical (unpaired) electrons. The van der Waals surface area contributed by atoms with Crippen LogP contribution < -0.4 is 5.32 Å². The van der Waals surface area contributed by atoms with E-state index in [1.165, 1.54) is 7.11 Å². The quantitative estimate of drug-likeness (QED) is 0.493. The zero-order valence-corrected chi connectivity index (χ0v) is 15.0. The smallest absolute Gasteiger partial charge is 0.246 e. The average Bonchev–Trinajstić information content (AvgIpc) is 3.10. The van der Waals surface area contributed by atoms with Crippen molar-refractivity contribution in [1.82, 2.24) is 10.2 Å². The first kappa shape index (κ1) is 21.6. The second-order valence-corrected chi connectivity index (χ2v) is 6.10. The minimum atomic E-state index is -0.790. The molecule has 2 aliphatic heterocycles. The summed E-state index contributed by atoms with van der Waals surface area (Å²) >= 11 is 0. The molecule has 0 aromatic carbocycles. The molecule has 9 heteroatoms. The summed E-state index contributed by atoms with van der Waals surface area (Å²) in [4.78, 5) is 13.8. The maximum atomic E-state index is 11.6. The molecule has 0 saturated carbocycles. The number of amides is 1. The van der Waals surface area contributed by atoms with E-state index in [1.807, 2.05) is 0 Å². The van der Waals surface area contributed by atoms with Crippen LogP contribution >= 0.6 is 12.4 Å². The van der Waals surface area contributed by atoms with Crippen LogP contribution in [0.5, 0.6) is 0 Å². The third kappa shape index (κ3) is 5.01. The van der Waals surface area contributed by atoms with E-state index in [0.717, 1.165) is 19.4 Å². The molecule has 24 heavy (non-hydrogen) atoms. The molecule has 2 aliphatic rings. The Bertz CT molecular complexity index is 389. The van der Waals surface area contributed by atoms with Crippen LogP contribution in [-0.4, -0.2) is 98.5 Å². The fourth-order valence-electron chi connectivity index (χ4n) is 3.57. The van der Waals surface area contributed by atoms with Crippen LogP contribution in [0.15, 0.2) is 0 Å². The number of aliphatic hydroxyl groups excluding tert-OH is 2. The fraction of sp³-hybridized carbons (Fsp3) is 0.933. The highest BCUT2D eigenvalue weighted by Crippen LogP contribution is 2.31. The number of hydrogen-bond donors (Lipinski definition) is 3. The van der Waals surface area contributed by atoms with Gasteiger partial charge >= 0.3 is 0 Å². The maximum absolute atomic E-state index is 11.6. The Labute approximate surface area is 148 Å². The van der Waals surface area contributed by atoms with Crippen molar-refractivity contribution in [3.8, 4) is 0 Å². The second kappa shape index (κ2) is 10.5. The van der Waals surface area contributed by atoms with Gasteiger partial charge in [0.05, 0.1) is 25.4 Å². The Balaban J connectivity index is 0.00000288. The molecule has 2 heterocycles. The van der Waals surface area contributed by atoms with Crippen LogP contribution in [0.4, 0.5) is 0 Å². The summed E-state index contributed by atoms with van der Waals surface area (Å²) < 4.78 is 15.8. The lowest BCUT2D eigenvalue weighted by molar-refractivity contribution is -0.125. The summed E-state index contributed by atoms with van der Waals surface area (Å²) in [5.74, 6) is -0.230. The lowest BCUT2D eigenvalue weighted by atomic mass is 10.0. The van der Waals surface area contributed by atoms with Crippen LogP contribution in [0.2, 0.25) is 0 Å². The zero-order chi connectivity index (χ0) is 16.8. The summed E-state index contributed by atoms with van der Waals surface area (Å²) in [7, 11) is 3.12. The predicted molar refractivity (Wildman–Crippen MR) is 89.3 cm³/mol. The minimum absolute atomic E-state index is 0. The predicted octanol–water partition coefficient (Wildman–Crippen LogP) is -1.23. The molecule has 2 rings (SSSR count). The number of nitrogens with zero attached hydrogens (tertiary/aromatic N) is 1. The maximum Gasteiger partial charge on any atom is 0.246 e. The van der Waals surface area contributed by atoms with E-state index in [0.29, 0.717) is 6.61 Å². The van der Waals surface area contributed by atoms with E-state index < -0.39 is 12.2 Å². The Morgan fingerprint density at radius 2 is 2.08 bits per heavy atom. The number of ether oxygens (including phenoxy) is 3. The van der Waals surface area contributed by atoms with Crippen LogP contribution in [0.1, 0.15) is 12.8 Å². The molecule has 2 saturated heterocycles. The van der Waals surface area contributed by atoms with Crippen LogP contribution in [0.25, 0.3) is 0 Å². The summed E-state index contributed by atoms with van der Waals surface area (Å²) in [5, 5.41) is 22.7. The van der Waals surface area contributed by atoms with Crippen LogP contribution in [0, 0.1) is 0 Å². The summed E-state index contributed by atoms with van der Waals surface area (Å²) in [5.41, 5.74) is 0. The van der Waals surface area contributed by atoms with Gasteiger partial charge in [0, 0.05) is 26.8 Å². The van der Waals surface area contributed by atoms with Gasteiger partial charge in [-0.05, 0) is 19.4 Å². The van der Waals surface area contributed by atoms with Gasteiger partial charge in [-0.15, -0.1) is 12.4 Å². The summed E-state index contributed by atoms with van der Waals surface area (Å²) in [6, 6.07) is -0.0458. The van der Waals surface area contributed by atoms with Gasteiger partial charge in [-0.25, -0.2) is 0 Å². The highest BCUT2D eigenvalue weighted by molar-refractivity contribution is 5.85. The van der Waals surface area contributed by atoms with Crippen molar-refractivity contribution in [2.24, 2.45) is 0 Å². The van der Waals surface area contributed by atoms with E-state index in [2.05, 4.69) is 10.2 Å². The highest BCUT2D eigenvalue weighted by Gasteiger charge is 2.48. The molecule has 3 N–H and O–H groups in total. The van der Waals surface area contributed by atoms with Gasteiger partial charge in [-0.1, -0.05) is 0 Å². The molecular weight excluding hydrogens is 340 g/mol. The standard InChI is InChI=1S/C15H28N2O6.ClH/c1-21-8-10-4-3-5-17(10)14-11(6-16-13(19)9-22-2)23-12(7-18)15(14)20;/h10-12,14-15,18,20H,3-9H2,1-2H3,(H,16,19);1H/t10-,11-,12+,14+,15-;/m1./s1. The lowest BCUT2D eigenvalue weighted by Gasteiger charge is -2.34. The molecule has 0 bridgehead atoms. The van der Waals surface area contributed by atoms with E-state index >= 15 is 0 Å². The highest BCUT2D eigenvalue weighted by atomic mass is 35.5. The van der Waals surface area contributed by atoms with Gasteiger partial charge < -0.3 is 29.7 Å². The summed E-state index contributed by atoms with van der Waals surface area (Å²) in [6.45, 7) is 1.45. The minimum Gasteiger partial charge on any atom is -0.394 e. The normalized spacial score (nSPS) is 33.4. The Hall–Kier alpha value is -0.480. The van der Waals surface area contributed by atoms with Gasteiger partial charge in [0.25, 0.3) is 0 Å². The molecule has 8 nitrogen and oxygen atoms in total. The largest absolute Gasteiger partial charge is 0.394 e. The van der Waals surface area contributed by atoms with E-state index in [4.69, 9.17) is 14.2 Å². The number of aliphatic hydroxyl groups is 2. The van der Waals surface area contributed by atoms with Crippen molar-refractivity contribution in [2.75, 3.05) is 47.1 Å². The number of likely N-dealkylation sites (tertiary alicyclic amines) is 1. The monoisotopic (exact) mass is 368 g/mol. The third-order valence-electron chi connectivity index (χ3n) is 4.58. The Kier molecular flexibility index (Phi) is 9.43. The first-order chi connectivity index (χ1) is 11.1. The van der Waals surface area contributed by atoms with Crippen molar-refractivity contribution in [1.29, 1.82) is 0 Å². The molecule has 142 valence electrons. The van der Waals surface area contributed by atoms with Crippen LogP contribution in [0.3, 0.4) is 0 Å². The van der Waals surface area contributed by atoms with E-state index in [9.17, 15) is 15.0 Å². The number of hydrogen-bond acceptors (Lipinski definition) is 7. The molecular formula is C15H29ClN2O6. The SMILES string of the molecule is COCC(=O)NC[C@H]1O[C@@H](CO)[C@@H](O)[C@H]1N1CCC[C@@H]1COC.Cl. The Morgan fingerprint density at radius 1 is 1.33 bits per heavy atom. The molecule has 0 spiro atoms. The van der Waals surface area contributed by atoms with Gasteiger partial charge in [0.15, 0.2) is 0 Å². The van der Waals surface area contributed by atoms with Gasteiger partial charge in [0.2, 0.25) is 5.91 Å².